The lowest BCUT2D eigenvalue weighted by Gasteiger charge is -2.32. The summed E-state index contributed by atoms with van der Waals surface area (Å²) in [5, 5.41) is 18.1. The largest absolute Gasteiger partial charge is 0.444 e. The number of alkyl carbamates (subject to hydrolysis) is 1. The number of ether oxygens (including phenoxy) is 1. The summed E-state index contributed by atoms with van der Waals surface area (Å²) in [4.78, 5) is 36.6. The molecule has 0 saturated carbocycles. The van der Waals surface area contributed by atoms with Gasteiger partial charge in [0.2, 0.25) is 5.91 Å². The van der Waals surface area contributed by atoms with E-state index in [0.717, 1.165) is 5.56 Å². The fraction of sp³-hybridized carbons (Fsp3) is 0.571. The minimum absolute atomic E-state index is 0.0757. The van der Waals surface area contributed by atoms with Crippen molar-refractivity contribution in [3.8, 4) is 0 Å². The number of nitrogens with one attached hydrogen (secondary N) is 2. The van der Waals surface area contributed by atoms with E-state index in [1.54, 1.807) is 39.2 Å². The number of rotatable bonds is 9. The summed E-state index contributed by atoms with van der Waals surface area (Å²) in [5.74, 6) is -0.0820. The molecule has 2 aromatic rings. The van der Waals surface area contributed by atoms with Crippen molar-refractivity contribution in [2.45, 2.75) is 94.1 Å². The molecule has 0 aliphatic carbocycles. The molecule has 1 aromatic heterocycles. The van der Waals surface area contributed by atoms with Gasteiger partial charge in [-0.3, -0.25) is 9.69 Å². The van der Waals surface area contributed by atoms with Crippen LogP contribution in [0.15, 0.2) is 53.9 Å². The zero-order chi connectivity index (χ0) is 27.9. The highest BCUT2D eigenvalue weighted by Gasteiger charge is 2.40. The maximum atomic E-state index is 13.3. The van der Waals surface area contributed by atoms with Crippen LogP contribution in [-0.4, -0.2) is 79.6 Å². The molecule has 1 fully saturated rings. The van der Waals surface area contributed by atoms with E-state index in [1.807, 2.05) is 56.0 Å². The van der Waals surface area contributed by atoms with Crippen molar-refractivity contribution in [2.24, 2.45) is 0 Å². The van der Waals surface area contributed by atoms with Crippen molar-refractivity contribution >= 4 is 23.8 Å². The molecule has 1 aliphatic rings. The molecule has 2 heterocycles. The van der Waals surface area contributed by atoms with Crippen LogP contribution in [0, 0.1) is 0 Å². The van der Waals surface area contributed by atoms with Gasteiger partial charge in [-0.1, -0.05) is 42.1 Å². The Hall–Kier alpha value is -2.69. The van der Waals surface area contributed by atoms with Gasteiger partial charge in [-0.05, 0) is 66.0 Å². The summed E-state index contributed by atoms with van der Waals surface area (Å²) in [5.41, 5.74) is -0.0734. The number of nitrogens with zero attached hydrogens (tertiary/aromatic N) is 3. The van der Waals surface area contributed by atoms with Crippen LogP contribution >= 0.6 is 11.8 Å². The molecule has 4 atom stereocenters. The molecule has 1 aliphatic heterocycles. The van der Waals surface area contributed by atoms with E-state index in [9.17, 15) is 14.7 Å². The van der Waals surface area contributed by atoms with Crippen molar-refractivity contribution in [2.75, 3.05) is 13.1 Å². The maximum Gasteiger partial charge on any atom is 0.407 e. The van der Waals surface area contributed by atoms with Crippen molar-refractivity contribution < 1.29 is 19.4 Å². The van der Waals surface area contributed by atoms with E-state index in [0.29, 0.717) is 24.5 Å². The number of β-amino-alcohol motifs (C(OH)–C–C–N with tert-alkyl or cyclic N) is 1. The second-order valence-corrected chi connectivity index (χ2v) is 13.0. The Kier molecular flexibility index (Phi) is 10.1. The van der Waals surface area contributed by atoms with Crippen molar-refractivity contribution in [3.05, 3.63) is 54.4 Å². The first kappa shape index (κ1) is 29.9. The van der Waals surface area contributed by atoms with Gasteiger partial charge < -0.3 is 20.5 Å². The second kappa shape index (κ2) is 12.9. The number of carbonyl (C=O) groups is 2. The molecule has 0 unspecified atom stereocenters. The topological polar surface area (TPSA) is 117 Å². The molecule has 38 heavy (non-hydrogen) atoms. The highest BCUT2D eigenvalue weighted by molar-refractivity contribution is 7.99. The quantitative estimate of drug-likeness (QED) is 0.412. The smallest absolute Gasteiger partial charge is 0.407 e. The van der Waals surface area contributed by atoms with Gasteiger partial charge in [0.25, 0.3) is 0 Å². The Morgan fingerprint density at radius 2 is 1.76 bits per heavy atom. The van der Waals surface area contributed by atoms with Crippen LogP contribution < -0.4 is 10.6 Å². The minimum atomic E-state index is -0.940. The molecule has 0 spiro atoms. The number of aromatic nitrogens is 2. The number of aliphatic hydroxyl groups is 1. The van der Waals surface area contributed by atoms with Gasteiger partial charge in [0.05, 0.1) is 18.2 Å². The maximum absolute atomic E-state index is 13.3. The summed E-state index contributed by atoms with van der Waals surface area (Å²) in [6.07, 6.45) is 2.89. The number of aliphatic hydroxyl groups excluding tert-OH is 1. The Balaban J connectivity index is 1.77. The van der Waals surface area contributed by atoms with E-state index < -0.39 is 29.9 Å². The molecule has 2 amide bonds. The van der Waals surface area contributed by atoms with Gasteiger partial charge >= 0.3 is 6.09 Å². The van der Waals surface area contributed by atoms with Crippen LogP contribution in [-0.2, 0) is 16.0 Å². The summed E-state index contributed by atoms with van der Waals surface area (Å²) < 4.78 is 5.47. The van der Waals surface area contributed by atoms with Gasteiger partial charge in [-0.2, -0.15) is 0 Å². The lowest BCUT2D eigenvalue weighted by molar-refractivity contribution is -0.127. The minimum Gasteiger partial charge on any atom is -0.444 e. The average Bonchev–Trinajstić information content (AvgIpc) is 3.19. The van der Waals surface area contributed by atoms with E-state index in [2.05, 4.69) is 20.6 Å². The summed E-state index contributed by atoms with van der Waals surface area (Å²) in [6.45, 7) is 12.0. The molecule has 3 N–H and O–H groups in total. The zero-order valence-electron chi connectivity index (χ0n) is 23.2. The highest BCUT2D eigenvalue weighted by atomic mass is 32.2. The highest BCUT2D eigenvalue weighted by Crippen LogP contribution is 2.31. The van der Waals surface area contributed by atoms with Crippen molar-refractivity contribution in [3.63, 3.8) is 0 Å². The Morgan fingerprint density at radius 1 is 1.11 bits per heavy atom. The third kappa shape index (κ3) is 9.89. The molecule has 3 rings (SSSR count). The standard InChI is InChI=1S/C28H41N5O4S/c1-27(2,3)32-24(35)22-16-20(38-25-29-13-10-14-30-25)17-33(22)18-23(34)21(15-19-11-8-7-9-12-19)31-26(36)37-28(4,5)6/h7-14,20-23,34H,15-18H2,1-6H3,(H,31,36)(H,32,35)/t20-,21+,22+,23-/m1/s1. The molecular weight excluding hydrogens is 502 g/mol. The van der Waals surface area contributed by atoms with Gasteiger partial charge in [-0.15, -0.1) is 0 Å². The number of amides is 2. The number of hydrogen-bond acceptors (Lipinski definition) is 8. The molecule has 1 saturated heterocycles. The van der Waals surface area contributed by atoms with Crippen LogP contribution in [0.2, 0.25) is 0 Å². The van der Waals surface area contributed by atoms with E-state index in [4.69, 9.17) is 4.74 Å². The molecule has 1 aromatic carbocycles. The van der Waals surface area contributed by atoms with Crippen LogP contribution in [0.1, 0.15) is 53.5 Å². The van der Waals surface area contributed by atoms with E-state index >= 15 is 0 Å². The Labute approximate surface area is 230 Å². The van der Waals surface area contributed by atoms with Crippen LogP contribution in [0.4, 0.5) is 4.79 Å². The third-order valence-corrected chi connectivity index (χ3v) is 6.96. The fourth-order valence-electron chi connectivity index (χ4n) is 4.35. The van der Waals surface area contributed by atoms with Crippen LogP contribution in [0.5, 0.6) is 0 Å². The monoisotopic (exact) mass is 543 g/mol. The van der Waals surface area contributed by atoms with Crippen LogP contribution in [0.3, 0.4) is 0 Å². The number of thioether (sulfide) groups is 1. The molecule has 208 valence electrons. The molecule has 10 heteroatoms. The first-order valence-corrected chi connectivity index (χ1v) is 13.9. The Morgan fingerprint density at radius 3 is 2.37 bits per heavy atom. The van der Waals surface area contributed by atoms with Gasteiger partial charge in [0.15, 0.2) is 5.16 Å². The predicted molar refractivity (Wildman–Crippen MR) is 149 cm³/mol. The summed E-state index contributed by atoms with van der Waals surface area (Å²) in [7, 11) is 0. The number of benzene rings is 1. The first-order valence-electron chi connectivity index (χ1n) is 13.0. The Bertz CT molecular complexity index is 1040. The van der Waals surface area contributed by atoms with E-state index in [1.165, 1.54) is 11.8 Å². The van der Waals surface area contributed by atoms with E-state index in [-0.39, 0.29) is 23.2 Å². The summed E-state index contributed by atoms with van der Waals surface area (Å²) in [6, 6.07) is 10.4. The van der Waals surface area contributed by atoms with Crippen LogP contribution in [0.25, 0.3) is 0 Å². The number of likely N-dealkylation sites (tertiary alicyclic amines) is 1. The third-order valence-electron chi connectivity index (χ3n) is 5.87. The first-order chi connectivity index (χ1) is 17.8. The molecule has 0 bridgehead atoms. The second-order valence-electron chi connectivity index (χ2n) is 11.7. The van der Waals surface area contributed by atoms with Gasteiger partial charge in [0.1, 0.15) is 5.60 Å². The van der Waals surface area contributed by atoms with Gasteiger partial charge in [0, 0.05) is 36.3 Å². The predicted octanol–water partition coefficient (Wildman–Crippen LogP) is 3.42. The SMILES string of the molecule is CC(C)(C)NC(=O)[C@@H]1C[C@@H](Sc2ncccn2)CN1C[C@@H](O)[C@H](Cc1ccccc1)NC(=O)OC(C)(C)C. The molecule has 0 radical (unpaired) electrons. The normalized spacial score (nSPS) is 20.0. The van der Waals surface area contributed by atoms with Crippen molar-refractivity contribution in [1.29, 1.82) is 0 Å². The average molecular weight is 544 g/mol. The zero-order valence-corrected chi connectivity index (χ0v) is 24.0. The lowest BCUT2D eigenvalue weighted by Crippen LogP contribution is -2.54. The van der Waals surface area contributed by atoms with Crippen molar-refractivity contribution in [1.82, 2.24) is 25.5 Å². The molecular formula is C28H41N5O4S. The van der Waals surface area contributed by atoms with Gasteiger partial charge in [-0.25, -0.2) is 14.8 Å². The number of hydrogen-bond donors (Lipinski definition) is 3. The number of carbonyl (C=O) groups excluding carboxylic acids is 2. The molecule has 9 nitrogen and oxygen atoms in total. The fourth-order valence-corrected chi connectivity index (χ4v) is 5.43. The summed E-state index contributed by atoms with van der Waals surface area (Å²) >= 11 is 1.53. The lowest BCUT2D eigenvalue weighted by atomic mass is 10.0.